The molecule has 2 aromatic heterocycles. The number of rotatable bonds is 3. The number of fused-ring (bicyclic) bond motifs is 1. The van der Waals surface area contributed by atoms with E-state index in [1.807, 2.05) is 18.3 Å². The Labute approximate surface area is 115 Å². The van der Waals surface area contributed by atoms with E-state index in [9.17, 15) is 0 Å². The molecule has 1 fully saturated rings. The molecule has 0 N–H and O–H groups in total. The van der Waals surface area contributed by atoms with Gasteiger partial charge in [-0.15, -0.1) is 0 Å². The lowest BCUT2D eigenvalue weighted by molar-refractivity contribution is 0.0382. The Morgan fingerprint density at radius 2 is 2.17 bits per heavy atom. The zero-order chi connectivity index (χ0) is 12.4. The molecule has 0 amide bonds. The summed E-state index contributed by atoms with van der Waals surface area (Å²) in [6.07, 6.45) is 4.98. The first-order valence-corrected chi connectivity index (χ1v) is 7.04. The van der Waals surface area contributed by atoms with Crippen LogP contribution in [0.25, 0.3) is 5.52 Å². The Morgan fingerprint density at radius 3 is 3.00 bits per heavy atom. The van der Waals surface area contributed by atoms with Gasteiger partial charge in [0.15, 0.2) is 0 Å². The second-order valence-electron chi connectivity index (χ2n) is 4.49. The molecule has 3 heterocycles. The van der Waals surface area contributed by atoms with Crippen molar-refractivity contribution in [3.63, 3.8) is 0 Å². The summed E-state index contributed by atoms with van der Waals surface area (Å²) in [5, 5.41) is 0. The fourth-order valence-corrected chi connectivity index (χ4v) is 2.76. The van der Waals surface area contributed by atoms with Gasteiger partial charge in [0.2, 0.25) is 0 Å². The third-order valence-electron chi connectivity index (χ3n) is 3.35. The fourth-order valence-electron chi connectivity index (χ4n) is 2.31. The summed E-state index contributed by atoms with van der Waals surface area (Å²) in [7, 11) is 0. The highest BCUT2D eigenvalue weighted by atomic mass is 79.9. The molecule has 0 radical (unpaired) electrons. The third kappa shape index (κ3) is 2.43. The summed E-state index contributed by atoms with van der Waals surface area (Å²) in [5.41, 5.74) is 1.13. The predicted octanol–water partition coefficient (Wildman–Crippen LogP) is 1.97. The van der Waals surface area contributed by atoms with Crippen LogP contribution in [0, 0.1) is 0 Å². The summed E-state index contributed by atoms with van der Waals surface area (Å²) < 4.78 is 8.60. The van der Waals surface area contributed by atoms with Crippen molar-refractivity contribution in [1.29, 1.82) is 0 Å². The monoisotopic (exact) mass is 309 g/mol. The maximum atomic E-state index is 5.35. The average Bonchev–Trinajstić information content (AvgIpc) is 2.82. The van der Waals surface area contributed by atoms with Crippen LogP contribution in [0.5, 0.6) is 0 Å². The summed E-state index contributed by atoms with van der Waals surface area (Å²) in [5.74, 6) is 1.12. The first-order valence-electron chi connectivity index (χ1n) is 6.25. The maximum Gasteiger partial charge on any atom is 0.114 e. The van der Waals surface area contributed by atoms with Crippen LogP contribution in [-0.2, 0) is 11.2 Å². The Balaban J connectivity index is 1.72. The van der Waals surface area contributed by atoms with Gasteiger partial charge in [-0.05, 0) is 28.1 Å². The van der Waals surface area contributed by atoms with Crippen LogP contribution in [0.1, 0.15) is 5.82 Å². The molecule has 0 aromatic carbocycles. The van der Waals surface area contributed by atoms with E-state index in [4.69, 9.17) is 4.74 Å². The normalized spacial score (nSPS) is 17.4. The summed E-state index contributed by atoms with van der Waals surface area (Å²) in [6, 6.07) is 4.08. The Bertz CT molecular complexity index is 534. The lowest BCUT2D eigenvalue weighted by atomic mass is 10.3. The first kappa shape index (κ1) is 12.1. The molecule has 0 spiro atoms. The molecule has 96 valence electrons. The van der Waals surface area contributed by atoms with Crippen LogP contribution in [-0.4, -0.2) is 47.1 Å². The lowest BCUT2D eigenvalue weighted by Gasteiger charge is -2.26. The number of halogens is 1. The molecule has 2 aromatic rings. The van der Waals surface area contributed by atoms with Gasteiger partial charge < -0.3 is 9.14 Å². The molecule has 3 rings (SSSR count). The van der Waals surface area contributed by atoms with Crippen LogP contribution in [0.4, 0.5) is 0 Å². The van der Waals surface area contributed by atoms with Crippen molar-refractivity contribution in [1.82, 2.24) is 14.3 Å². The van der Waals surface area contributed by atoms with E-state index >= 15 is 0 Å². The Hall–Kier alpha value is -0.910. The van der Waals surface area contributed by atoms with Gasteiger partial charge >= 0.3 is 0 Å². The highest BCUT2D eigenvalue weighted by Crippen LogP contribution is 2.18. The highest BCUT2D eigenvalue weighted by Gasteiger charge is 2.12. The number of aromatic nitrogens is 2. The van der Waals surface area contributed by atoms with Crippen molar-refractivity contribution in [2.24, 2.45) is 0 Å². The van der Waals surface area contributed by atoms with Crippen molar-refractivity contribution in [2.45, 2.75) is 6.42 Å². The van der Waals surface area contributed by atoms with E-state index in [-0.39, 0.29) is 0 Å². The molecule has 0 saturated carbocycles. The van der Waals surface area contributed by atoms with E-state index in [1.165, 1.54) is 0 Å². The van der Waals surface area contributed by atoms with Crippen molar-refractivity contribution in [3.8, 4) is 0 Å². The summed E-state index contributed by atoms with van der Waals surface area (Å²) >= 11 is 3.55. The molecular formula is C13H16BrN3O. The number of morpholine rings is 1. The molecule has 0 bridgehead atoms. The molecule has 0 aliphatic carbocycles. The molecule has 5 heteroatoms. The molecule has 0 unspecified atom stereocenters. The van der Waals surface area contributed by atoms with Crippen molar-refractivity contribution >= 4 is 21.4 Å². The Kier molecular flexibility index (Phi) is 3.63. The van der Waals surface area contributed by atoms with Gasteiger partial charge in [-0.1, -0.05) is 0 Å². The number of hydrogen-bond donors (Lipinski definition) is 0. The topological polar surface area (TPSA) is 29.8 Å². The van der Waals surface area contributed by atoms with E-state index in [1.54, 1.807) is 0 Å². The number of imidazole rings is 1. The van der Waals surface area contributed by atoms with E-state index in [2.05, 4.69) is 36.4 Å². The SMILES string of the molecule is Brc1cccn2c(CCN3CCOCC3)ncc12. The van der Waals surface area contributed by atoms with Crippen LogP contribution >= 0.6 is 15.9 Å². The second-order valence-corrected chi connectivity index (χ2v) is 5.34. The molecule has 18 heavy (non-hydrogen) atoms. The van der Waals surface area contributed by atoms with Crippen molar-refractivity contribution < 1.29 is 4.74 Å². The summed E-state index contributed by atoms with van der Waals surface area (Å²) in [6.45, 7) is 4.83. The fraction of sp³-hybridized carbons (Fsp3) is 0.462. The molecular weight excluding hydrogens is 294 g/mol. The van der Waals surface area contributed by atoms with Gasteiger partial charge in [0.05, 0.1) is 24.9 Å². The molecule has 0 atom stereocenters. The minimum Gasteiger partial charge on any atom is -0.379 e. The van der Waals surface area contributed by atoms with Gasteiger partial charge in [-0.25, -0.2) is 4.98 Å². The highest BCUT2D eigenvalue weighted by molar-refractivity contribution is 9.10. The third-order valence-corrected chi connectivity index (χ3v) is 4.02. The molecule has 4 nitrogen and oxygen atoms in total. The van der Waals surface area contributed by atoms with E-state index in [0.717, 1.165) is 55.1 Å². The van der Waals surface area contributed by atoms with E-state index in [0.29, 0.717) is 0 Å². The average molecular weight is 310 g/mol. The number of hydrogen-bond acceptors (Lipinski definition) is 3. The van der Waals surface area contributed by atoms with Crippen LogP contribution in [0.3, 0.4) is 0 Å². The quantitative estimate of drug-likeness (QED) is 0.868. The lowest BCUT2D eigenvalue weighted by Crippen LogP contribution is -2.37. The largest absolute Gasteiger partial charge is 0.379 e. The Morgan fingerprint density at radius 1 is 1.33 bits per heavy atom. The van der Waals surface area contributed by atoms with Gasteiger partial charge in [-0.2, -0.15) is 0 Å². The zero-order valence-electron chi connectivity index (χ0n) is 10.2. The molecule has 1 aliphatic rings. The van der Waals surface area contributed by atoms with Gasteiger partial charge in [0.25, 0.3) is 0 Å². The van der Waals surface area contributed by atoms with Crippen LogP contribution in [0.2, 0.25) is 0 Å². The van der Waals surface area contributed by atoms with Crippen LogP contribution < -0.4 is 0 Å². The van der Waals surface area contributed by atoms with Gasteiger partial charge in [0, 0.05) is 36.7 Å². The standard InChI is InChI=1S/C13H16BrN3O/c14-11-2-1-4-17-12(11)10-15-13(17)3-5-16-6-8-18-9-7-16/h1-2,4,10H,3,5-9H2. The molecule has 1 aliphatic heterocycles. The zero-order valence-corrected chi connectivity index (χ0v) is 11.8. The number of ether oxygens (including phenoxy) is 1. The van der Waals surface area contributed by atoms with Crippen LogP contribution in [0.15, 0.2) is 29.0 Å². The number of pyridine rings is 1. The minimum atomic E-state index is 0.855. The minimum absolute atomic E-state index is 0.855. The maximum absolute atomic E-state index is 5.35. The van der Waals surface area contributed by atoms with Crippen molar-refractivity contribution in [3.05, 3.63) is 34.8 Å². The molecule has 1 saturated heterocycles. The van der Waals surface area contributed by atoms with Gasteiger partial charge in [0.1, 0.15) is 5.82 Å². The number of nitrogens with zero attached hydrogens (tertiary/aromatic N) is 3. The summed E-state index contributed by atoms with van der Waals surface area (Å²) in [4.78, 5) is 6.95. The predicted molar refractivity (Wildman–Crippen MR) is 73.9 cm³/mol. The smallest absolute Gasteiger partial charge is 0.114 e. The van der Waals surface area contributed by atoms with E-state index < -0.39 is 0 Å². The first-order chi connectivity index (χ1) is 8.84. The second kappa shape index (κ2) is 5.38. The van der Waals surface area contributed by atoms with Gasteiger partial charge in [-0.3, -0.25) is 4.90 Å². The van der Waals surface area contributed by atoms with Crippen molar-refractivity contribution in [2.75, 3.05) is 32.8 Å².